The van der Waals surface area contributed by atoms with Crippen molar-refractivity contribution < 1.29 is 23.9 Å². The molecule has 2 atom stereocenters. The van der Waals surface area contributed by atoms with Crippen molar-refractivity contribution in [1.29, 1.82) is 0 Å². The minimum atomic E-state index is -1.18. The van der Waals surface area contributed by atoms with E-state index in [1.54, 1.807) is 6.33 Å². The van der Waals surface area contributed by atoms with Gasteiger partial charge in [-0.3, -0.25) is 9.59 Å². The van der Waals surface area contributed by atoms with Crippen molar-refractivity contribution in [3.8, 4) is 5.75 Å². The van der Waals surface area contributed by atoms with Gasteiger partial charge >= 0.3 is 6.09 Å². The summed E-state index contributed by atoms with van der Waals surface area (Å²) in [6.07, 6.45) is 3.54. The van der Waals surface area contributed by atoms with Crippen molar-refractivity contribution >= 4 is 17.9 Å². The predicted octanol–water partition coefficient (Wildman–Crippen LogP) is 9.92. The summed E-state index contributed by atoms with van der Waals surface area (Å²) in [5.41, 5.74) is 6.39. The zero-order chi connectivity index (χ0) is 47.0. The second kappa shape index (κ2) is 22.8. The summed E-state index contributed by atoms with van der Waals surface area (Å²) in [5.74, 6) is -0.151. The van der Waals surface area contributed by atoms with Crippen molar-refractivity contribution in [3.05, 3.63) is 263 Å². The van der Waals surface area contributed by atoms with E-state index in [1.807, 2.05) is 183 Å². The monoisotopic (exact) mass is 901 g/mol. The number of benzene rings is 7. The Hall–Kier alpha value is -8.24. The van der Waals surface area contributed by atoms with Gasteiger partial charge in [0.25, 0.3) is 0 Å². The maximum Gasteiger partial charge on any atom is 0.408 e. The maximum atomic E-state index is 15.2. The first-order chi connectivity index (χ1) is 33.3. The summed E-state index contributed by atoms with van der Waals surface area (Å²) in [7, 11) is 0. The van der Waals surface area contributed by atoms with Crippen LogP contribution in [0.2, 0.25) is 0 Å². The Morgan fingerprint density at radius 3 is 1.59 bits per heavy atom. The number of alkyl carbamates (subject to hydrolysis) is 1. The van der Waals surface area contributed by atoms with Crippen LogP contribution in [0, 0.1) is 0 Å². The van der Waals surface area contributed by atoms with E-state index in [1.165, 1.54) is 4.90 Å². The molecule has 0 saturated heterocycles. The Balaban J connectivity index is 1.11. The van der Waals surface area contributed by atoms with Crippen molar-refractivity contribution in [2.45, 2.75) is 57.1 Å². The summed E-state index contributed by atoms with van der Waals surface area (Å²) in [5, 5.41) is 5.97. The molecule has 0 aliphatic rings. The molecular formula is C58H55N5O5. The minimum absolute atomic E-state index is 0.0000722. The van der Waals surface area contributed by atoms with E-state index in [0.29, 0.717) is 24.5 Å². The molecule has 0 spiro atoms. The zero-order valence-electron chi connectivity index (χ0n) is 38.1. The van der Waals surface area contributed by atoms with Crippen LogP contribution in [0.1, 0.15) is 51.6 Å². The van der Waals surface area contributed by atoms with Crippen LogP contribution in [0.15, 0.2) is 219 Å². The Bertz CT molecular complexity index is 2710. The van der Waals surface area contributed by atoms with Crippen LogP contribution in [0.5, 0.6) is 5.75 Å². The number of hydrogen-bond acceptors (Lipinski definition) is 6. The number of carbonyl (C=O) groups excluding carboxylic acids is 3. The summed E-state index contributed by atoms with van der Waals surface area (Å²) in [6, 6.07) is 65.9. The van der Waals surface area contributed by atoms with Gasteiger partial charge in [0.05, 0.1) is 18.6 Å². The molecule has 10 heteroatoms. The maximum absolute atomic E-state index is 15.2. The zero-order valence-corrected chi connectivity index (χ0v) is 38.1. The second-order valence-corrected chi connectivity index (χ2v) is 16.8. The third-order valence-electron chi connectivity index (χ3n) is 11.8. The molecule has 3 amide bonds. The van der Waals surface area contributed by atoms with Crippen molar-refractivity contribution in [1.82, 2.24) is 25.1 Å². The number of rotatable bonds is 20. The van der Waals surface area contributed by atoms with Crippen LogP contribution in [0.4, 0.5) is 4.79 Å². The molecule has 10 nitrogen and oxygen atoms in total. The fourth-order valence-electron chi connectivity index (χ4n) is 8.55. The minimum Gasteiger partial charge on any atom is -0.489 e. The molecule has 2 N–H and O–H groups in total. The number of aromatic nitrogens is 2. The van der Waals surface area contributed by atoms with E-state index in [4.69, 9.17) is 14.5 Å². The van der Waals surface area contributed by atoms with Crippen LogP contribution in [-0.4, -0.2) is 51.0 Å². The van der Waals surface area contributed by atoms with Crippen LogP contribution in [-0.2, 0) is 52.5 Å². The Morgan fingerprint density at radius 1 is 0.574 bits per heavy atom. The third kappa shape index (κ3) is 12.0. The summed E-state index contributed by atoms with van der Waals surface area (Å²) in [6.45, 7) is 2.14. The number of ether oxygens (including phenoxy) is 2. The second-order valence-electron chi connectivity index (χ2n) is 16.8. The van der Waals surface area contributed by atoms with Gasteiger partial charge in [0.1, 0.15) is 30.5 Å². The molecule has 0 unspecified atom stereocenters. The van der Waals surface area contributed by atoms with Crippen LogP contribution in [0.3, 0.4) is 0 Å². The van der Waals surface area contributed by atoms with Gasteiger partial charge in [-0.1, -0.05) is 194 Å². The summed E-state index contributed by atoms with van der Waals surface area (Å²) in [4.78, 5) is 49.3. The van der Waals surface area contributed by atoms with Crippen LogP contribution >= 0.6 is 0 Å². The van der Waals surface area contributed by atoms with E-state index in [0.717, 1.165) is 38.9 Å². The first-order valence-electron chi connectivity index (χ1n) is 22.9. The van der Waals surface area contributed by atoms with Crippen LogP contribution in [0.25, 0.3) is 0 Å². The molecule has 0 aliphatic carbocycles. The van der Waals surface area contributed by atoms with Crippen molar-refractivity contribution in [3.63, 3.8) is 0 Å². The number of nitrogens with one attached hydrogen (secondary N) is 2. The number of nitrogens with zero attached hydrogens (tertiary/aromatic N) is 3. The van der Waals surface area contributed by atoms with Gasteiger partial charge in [-0.2, -0.15) is 0 Å². The highest BCUT2D eigenvalue weighted by Crippen LogP contribution is 2.41. The number of amides is 3. The van der Waals surface area contributed by atoms with Gasteiger partial charge in [0.2, 0.25) is 11.8 Å². The molecule has 0 radical (unpaired) electrons. The van der Waals surface area contributed by atoms with Gasteiger partial charge in [0.15, 0.2) is 0 Å². The van der Waals surface area contributed by atoms with E-state index in [9.17, 15) is 9.59 Å². The lowest BCUT2D eigenvalue weighted by Crippen LogP contribution is -2.52. The molecule has 342 valence electrons. The standard InChI is InChI=1S/C58H55N5O5/c1-44(36-45-20-8-2-9-21-45)60-55(64)40-62(38-46-32-34-53(35-33-46)67-41-47-22-10-3-11-23-47)56(65)54(61-57(66)68-42-48-24-12-4-13-25-48)37-52-39-63(43-59-52)58(49-26-14-5-15-27-49,50-28-16-6-17-29-50)51-30-18-7-19-31-51/h2-35,39,43-44,54H,36-38,40-42H2,1H3,(H,60,64)(H,61,66)/t44-,54+/m1/s1. The average Bonchev–Trinajstić information content (AvgIpc) is 3.85. The first kappa shape index (κ1) is 46.3. The van der Waals surface area contributed by atoms with Gasteiger partial charge in [-0.15, -0.1) is 0 Å². The van der Waals surface area contributed by atoms with E-state index in [-0.39, 0.29) is 38.1 Å². The van der Waals surface area contributed by atoms with E-state index < -0.39 is 23.6 Å². The average molecular weight is 902 g/mol. The largest absolute Gasteiger partial charge is 0.489 e. The SMILES string of the molecule is C[C@H](Cc1ccccc1)NC(=O)CN(Cc1ccc(OCc2ccccc2)cc1)C(=O)[C@H](Cc1cn(C(c2ccccc2)(c2ccccc2)c2ccccc2)cn1)NC(=O)OCc1ccccc1. The predicted molar refractivity (Wildman–Crippen MR) is 264 cm³/mol. The fourth-order valence-corrected chi connectivity index (χ4v) is 8.55. The molecule has 0 bridgehead atoms. The molecule has 8 rings (SSSR count). The fraction of sp³-hybridized carbons (Fsp3) is 0.172. The molecule has 1 heterocycles. The van der Waals surface area contributed by atoms with Crippen LogP contribution < -0.4 is 15.4 Å². The van der Waals surface area contributed by atoms with Gasteiger partial charge in [-0.25, -0.2) is 9.78 Å². The van der Waals surface area contributed by atoms with Crippen molar-refractivity contribution in [2.75, 3.05) is 6.54 Å². The first-order valence-corrected chi connectivity index (χ1v) is 22.9. The smallest absolute Gasteiger partial charge is 0.408 e. The number of imidazole rings is 1. The molecule has 8 aromatic rings. The van der Waals surface area contributed by atoms with E-state index in [2.05, 4.69) is 51.6 Å². The highest BCUT2D eigenvalue weighted by molar-refractivity contribution is 5.90. The Labute approximate surface area is 398 Å². The highest BCUT2D eigenvalue weighted by atomic mass is 16.5. The lowest BCUT2D eigenvalue weighted by atomic mass is 9.77. The topological polar surface area (TPSA) is 115 Å². The molecular weight excluding hydrogens is 847 g/mol. The summed E-state index contributed by atoms with van der Waals surface area (Å²) < 4.78 is 13.8. The Morgan fingerprint density at radius 2 is 1.06 bits per heavy atom. The highest BCUT2D eigenvalue weighted by Gasteiger charge is 2.39. The van der Waals surface area contributed by atoms with Gasteiger partial charge in [0, 0.05) is 25.2 Å². The normalized spacial score (nSPS) is 12.0. The molecule has 0 aliphatic heterocycles. The Kier molecular flexibility index (Phi) is 15.5. The van der Waals surface area contributed by atoms with Gasteiger partial charge in [-0.05, 0) is 64.4 Å². The molecule has 68 heavy (non-hydrogen) atoms. The molecule has 1 aromatic heterocycles. The molecule has 7 aromatic carbocycles. The van der Waals surface area contributed by atoms with Crippen molar-refractivity contribution in [2.24, 2.45) is 0 Å². The molecule has 0 saturated carbocycles. The lowest BCUT2D eigenvalue weighted by Gasteiger charge is -2.37. The number of carbonyl (C=O) groups is 3. The number of hydrogen-bond donors (Lipinski definition) is 2. The quantitative estimate of drug-likeness (QED) is 0.0737. The van der Waals surface area contributed by atoms with E-state index >= 15 is 4.79 Å². The summed E-state index contributed by atoms with van der Waals surface area (Å²) >= 11 is 0. The molecule has 0 fully saturated rings. The third-order valence-corrected chi connectivity index (χ3v) is 11.8. The lowest BCUT2D eigenvalue weighted by molar-refractivity contribution is -0.138. The van der Waals surface area contributed by atoms with Gasteiger partial charge < -0.3 is 29.6 Å².